The summed E-state index contributed by atoms with van der Waals surface area (Å²) in [5, 5.41) is 11.7. The van der Waals surface area contributed by atoms with E-state index in [-0.39, 0.29) is 0 Å². The molecule has 7 nitrogen and oxygen atoms in total. The van der Waals surface area contributed by atoms with Gasteiger partial charge in [-0.1, -0.05) is 24.0 Å². The van der Waals surface area contributed by atoms with Crippen molar-refractivity contribution in [2.75, 3.05) is 5.73 Å². The van der Waals surface area contributed by atoms with Crippen LogP contribution in [0.1, 0.15) is 23.5 Å². The Morgan fingerprint density at radius 3 is 2.97 bits per heavy atom. The molecule has 4 aromatic rings. The second-order valence-electron chi connectivity index (χ2n) is 7.11. The number of nitrogens with two attached hydrogens (primary N) is 1. The number of hydrogen-bond donors (Lipinski definition) is 2. The molecule has 5 rings (SSSR count). The van der Waals surface area contributed by atoms with Crippen molar-refractivity contribution in [3.8, 4) is 23.2 Å². The Hall–Kier alpha value is -3.76. The van der Waals surface area contributed by atoms with Gasteiger partial charge in [-0.25, -0.2) is 19.9 Å². The summed E-state index contributed by atoms with van der Waals surface area (Å²) in [4.78, 5) is 17.6. The lowest BCUT2D eigenvalue weighted by Gasteiger charge is -2.12. The Labute approximate surface area is 167 Å². The fourth-order valence-corrected chi connectivity index (χ4v) is 3.64. The van der Waals surface area contributed by atoms with Crippen molar-refractivity contribution in [2.24, 2.45) is 0 Å². The summed E-state index contributed by atoms with van der Waals surface area (Å²) in [5.41, 5.74) is 7.84. The molecule has 142 valence electrons. The number of nitrogen functional groups attached to an aromatic ring is 1. The standard InChI is InChI=1S/C22H18N6O/c1-14-17-6-9-24-19(23)18(17)27-20(26-14)16-4-2-3-15(13-16)5-7-22(29)8-11-28-12-10-25-21(22)28/h2-4,6,9-10,12-13,29H,8,11H2,1H3,(H2,23,24)/t22-/m0/s1. The summed E-state index contributed by atoms with van der Waals surface area (Å²) < 4.78 is 1.93. The van der Waals surface area contributed by atoms with Crippen LogP contribution in [0.15, 0.2) is 48.9 Å². The molecule has 3 N–H and O–H groups in total. The van der Waals surface area contributed by atoms with Crippen LogP contribution in [0, 0.1) is 18.8 Å². The Balaban J connectivity index is 1.54. The number of nitrogens with zero attached hydrogens (tertiary/aromatic N) is 5. The predicted octanol–water partition coefficient (Wildman–Crippen LogP) is 2.42. The number of aryl methyl sites for hydroxylation is 2. The van der Waals surface area contributed by atoms with Crippen LogP contribution < -0.4 is 5.73 Å². The SMILES string of the molecule is Cc1nc(-c2cccc(C#C[C@]3(O)CCn4ccnc43)c2)nc2c(N)nccc12. The zero-order valence-electron chi connectivity index (χ0n) is 15.8. The molecular weight excluding hydrogens is 364 g/mol. The van der Waals surface area contributed by atoms with Crippen molar-refractivity contribution >= 4 is 16.7 Å². The zero-order valence-corrected chi connectivity index (χ0v) is 15.8. The summed E-state index contributed by atoms with van der Waals surface area (Å²) in [7, 11) is 0. The summed E-state index contributed by atoms with van der Waals surface area (Å²) in [5.74, 6) is 7.62. The molecule has 1 atom stereocenters. The van der Waals surface area contributed by atoms with Crippen LogP contribution in [0.25, 0.3) is 22.3 Å². The van der Waals surface area contributed by atoms with E-state index in [2.05, 4.69) is 31.8 Å². The van der Waals surface area contributed by atoms with E-state index in [4.69, 9.17) is 5.73 Å². The topological polar surface area (TPSA) is 103 Å². The highest BCUT2D eigenvalue weighted by Gasteiger charge is 2.36. The number of rotatable bonds is 1. The third kappa shape index (κ3) is 2.91. The highest BCUT2D eigenvalue weighted by Crippen LogP contribution is 2.30. The molecule has 29 heavy (non-hydrogen) atoms. The van der Waals surface area contributed by atoms with Gasteiger partial charge in [-0.15, -0.1) is 0 Å². The molecule has 0 bridgehead atoms. The number of aliphatic hydroxyl groups is 1. The number of benzene rings is 1. The third-order valence-corrected chi connectivity index (χ3v) is 5.17. The van der Waals surface area contributed by atoms with Crippen LogP contribution >= 0.6 is 0 Å². The average molecular weight is 382 g/mol. The van der Waals surface area contributed by atoms with Gasteiger partial charge in [0, 0.05) is 53.8 Å². The van der Waals surface area contributed by atoms with E-state index in [1.165, 1.54) is 0 Å². The predicted molar refractivity (Wildman–Crippen MR) is 110 cm³/mol. The van der Waals surface area contributed by atoms with Crippen LogP contribution in [-0.4, -0.2) is 29.6 Å². The van der Waals surface area contributed by atoms with Gasteiger partial charge in [0.15, 0.2) is 17.2 Å². The van der Waals surface area contributed by atoms with Crippen molar-refractivity contribution in [1.82, 2.24) is 24.5 Å². The molecule has 3 aromatic heterocycles. The smallest absolute Gasteiger partial charge is 0.185 e. The summed E-state index contributed by atoms with van der Waals surface area (Å²) in [6, 6.07) is 9.48. The normalized spacial score (nSPS) is 17.7. The number of anilines is 1. The first-order valence-corrected chi connectivity index (χ1v) is 9.30. The molecule has 0 amide bonds. The molecule has 0 saturated carbocycles. The van der Waals surface area contributed by atoms with Gasteiger partial charge >= 0.3 is 0 Å². The highest BCUT2D eigenvalue weighted by atomic mass is 16.3. The van der Waals surface area contributed by atoms with E-state index >= 15 is 0 Å². The molecule has 1 aromatic carbocycles. The second-order valence-corrected chi connectivity index (χ2v) is 7.11. The van der Waals surface area contributed by atoms with Crippen molar-refractivity contribution in [3.63, 3.8) is 0 Å². The largest absolute Gasteiger partial charge is 0.382 e. The number of fused-ring (bicyclic) bond motifs is 2. The van der Waals surface area contributed by atoms with Crippen LogP contribution in [0.2, 0.25) is 0 Å². The van der Waals surface area contributed by atoms with Gasteiger partial charge in [0.05, 0.1) is 0 Å². The molecule has 0 fully saturated rings. The molecule has 1 aliphatic heterocycles. The molecule has 4 heterocycles. The minimum Gasteiger partial charge on any atom is -0.382 e. The first-order valence-electron chi connectivity index (χ1n) is 9.30. The van der Waals surface area contributed by atoms with Gasteiger partial charge in [0.2, 0.25) is 0 Å². The van der Waals surface area contributed by atoms with Gasteiger partial charge in [0.25, 0.3) is 0 Å². The summed E-state index contributed by atoms with van der Waals surface area (Å²) >= 11 is 0. The van der Waals surface area contributed by atoms with Crippen LogP contribution in [-0.2, 0) is 12.1 Å². The lowest BCUT2D eigenvalue weighted by Crippen LogP contribution is -2.20. The Bertz CT molecular complexity index is 1320. The number of imidazole rings is 1. The van der Waals surface area contributed by atoms with Crippen molar-refractivity contribution in [1.29, 1.82) is 0 Å². The molecular formula is C22H18N6O. The number of aromatic nitrogens is 5. The minimum absolute atomic E-state index is 0.379. The van der Waals surface area contributed by atoms with Gasteiger partial charge in [0.1, 0.15) is 11.3 Å². The van der Waals surface area contributed by atoms with Gasteiger partial charge in [-0.2, -0.15) is 0 Å². The first-order chi connectivity index (χ1) is 14.0. The van der Waals surface area contributed by atoms with Crippen molar-refractivity contribution in [2.45, 2.75) is 25.5 Å². The highest BCUT2D eigenvalue weighted by molar-refractivity contribution is 5.89. The summed E-state index contributed by atoms with van der Waals surface area (Å²) in [6.07, 6.45) is 5.72. The second kappa shape index (κ2) is 6.40. The van der Waals surface area contributed by atoms with Crippen molar-refractivity contribution < 1.29 is 5.11 Å². The summed E-state index contributed by atoms with van der Waals surface area (Å²) in [6.45, 7) is 2.63. The third-order valence-electron chi connectivity index (χ3n) is 5.17. The molecule has 1 aliphatic rings. The Morgan fingerprint density at radius 1 is 1.17 bits per heavy atom. The van der Waals surface area contributed by atoms with Gasteiger partial charge in [-0.05, 0) is 25.1 Å². The molecule has 0 spiro atoms. The maximum absolute atomic E-state index is 10.9. The van der Waals surface area contributed by atoms with Gasteiger partial charge in [-0.3, -0.25) is 0 Å². The van der Waals surface area contributed by atoms with E-state index in [1.807, 2.05) is 48.0 Å². The monoisotopic (exact) mass is 382 g/mol. The van der Waals surface area contributed by atoms with E-state index in [9.17, 15) is 5.11 Å². The first kappa shape index (κ1) is 17.3. The maximum atomic E-state index is 10.9. The molecule has 7 heteroatoms. The molecule has 0 aliphatic carbocycles. The lowest BCUT2D eigenvalue weighted by atomic mass is 10.0. The Morgan fingerprint density at radius 2 is 2.07 bits per heavy atom. The van der Waals surface area contributed by atoms with E-state index < -0.39 is 5.60 Å². The van der Waals surface area contributed by atoms with Crippen LogP contribution in [0.4, 0.5) is 5.82 Å². The fourth-order valence-electron chi connectivity index (χ4n) is 3.64. The number of pyridine rings is 1. The zero-order chi connectivity index (χ0) is 20.0. The quantitative estimate of drug-likeness (QED) is 0.490. The van der Waals surface area contributed by atoms with Gasteiger partial charge < -0.3 is 15.4 Å². The maximum Gasteiger partial charge on any atom is 0.185 e. The molecule has 0 saturated heterocycles. The lowest BCUT2D eigenvalue weighted by molar-refractivity contribution is 0.0980. The fraction of sp³-hybridized carbons (Fsp3) is 0.182. The van der Waals surface area contributed by atoms with Crippen LogP contribution in [0.3, 0.4) is 0 Å². The Kier molecular flexibility index (Phi) is 3.83. The average Bonchev–Trinajstić information content (AvgIpc) is 3.32. The minimum atomic E-state index is -1.23. The molecule has 0 radical (unpaired) electrons. The van der Waals surface area contributed by atoms with Crippen LogP contribution in [0.5, 0.6) is 0 Å². The molecule has 0 unspecified atom stereocenters. The van der Waals surface area contributed by atoms with E-state index in [0.29, 0.717) is 35.9 Å². The number of hydrogen-bond acceptors (Lipinski definition) is 6. The van der Waals surface area contributed by atoms with E-state index in [1.54, 1.807) is 12.4 Å². The van der Waals surface area contributed by atoms with Crippen molar-refractivity contribution in [3.05, 3.63) is 66.0 Å². The van der Waals surface area contributed by atoms with E-state index in [0.717, 1.165) is 22.2 Å².